The molecule has 0 aliphatic carbocycles. The van der Waals surface area contributed by atoms with Gasteiger partial charge < -0.3 is 10.1 Å². The van der Waals surface area contributed by atoms with Crippen LogP contribution in [0, 0.1) is 5.82 Å². The first-order chi connectivity index (χ1) is 15.9. The largest absolute Gasteiger partial charge is 0.367 e. The van der Waals surface area contributed by atoms with Crippen LogP contribution in [0.4, 0.5) is 10.2 Å². The summed E-state index contributed by atoms with van der Waals surface area (Å²) >= 11 is 0. The molecule has 0 saturated carbocycles. The van der Waals surface area contributed by atoms with Crippen LogP contribution in [0.2, 0.25) is 0 Å². The van der Waals surface area contributed by atoms with E-state index in [2.05, 4.69) is 15.3 Å². The maximum Gasteiger partial charge on any atom is 0.256 e. The maximum atomic E-state index is 13.5. The summed E-state index contributed by atoms with van der Waals surface area (Å²) in [6.45, 7) is 4.96. The average molecular weight is 443 g/mol. The van der Waals surface area contributed by atoms with Gasteiger partial charge in [0.25, 0.3) is 5.91 Å². The number of carbonyl (C=O) groups is 1. The van der Waals surface area contributed by atoms with Gasteiger partial charge in [-0.2, -0.15) is 5.10 Å². The predicted molar refractivity (Wildman–Crippen MR) is 122 cm³/mol. The lowest BCUT2D eigenvalue weighted by molar-refractivity contribution is -0.0657. The zero-order valence-corrected chi connectivity index (χ0v) is 18.2. The van der Waals surface area contributed by atoms with E-state index in [1.807, 2.05) is 30.7 Å². The van der Waals surface area contributed by atoms with Crippen molar-refractivity contribution in [2.45, 2.75) is 32.6 Å². The maximum absolute atomic E-state index is 13.5. The fourth-order valence-corrected chi connectivity index (χ4v) is 3.88. The lowest BCUT2D eigenvalue weighted by Gasteiger charge is -2.31. The van der Waals surface area contributed by atoms with Crippen LogP contribution < -0.4 is 5.32 Å². The zero-order valence-electron chi connectivity index (χ0n) is 18.2. The van der Waals surface area contributed by atoms with Crippen molar-refractivity contribution < 1.29 is 13.9 Å². The van der Waals surface area contributed by atoms with Gasteiger partial charge in [0.1, 0.15) is 17.3 Å². The fourth-order valence-electron chi connectivity index (χ4n) is 3.88. The molecule has 1 aliphatic heterocycles. The van der Waals surface area contributed by atoms with Crippen molar-refractivity contribution in [2.24, 2.45) is 0 Å². The minimum absolute atomic E-state index is 0.247. The van der Waals surface area contributed by atoms with Gasteiger partial charge in [-0.3, -0.25) is 14.5 Å². The van der Waals surface area contributed by atoms with E-state index >= 15 is 0 Å². The van der Waals surface area contributed by atoms with E-state index in [0.29, 0.717) is 35.9 Å². The van der Waals surface area contributed by atoms with Crippen LogP contribution in [0.3, 0.4) is 0 Å². The summed E-state index contributed by atoms with van der Waals surface area (Å²) in [5.41, 5.74) is 3.87. The quantitative estimate of drug-likeness (QED) is 0.494. The first kappa shape index (κ1) is 21.0. The van der Waals surface area contributed by atoms with Crippen molar-refractivity contribution in [3.05, 3.63) is 84.1 Å². The van der Waals surface area contributed by atoms with E-state index in [1.54, 1.807) is 42.6 Å². The Morgan fingerprint density at radius 2 is 1.94 bits per heavy atom. The molecular weight excluding hydrogens is 421 g/mol. The number of anilines is 1. The zero-order chi connectivity index (χ0) is 23.0. The Morgan fingerprint density at radius 3 is 2.70 bits per heavy atom. The highest BCUT2D eigenvalue weighted by Crippen LogP contribution is 2.38. The highest BCUT2D eigenvalue weighted by Gasteiger charge is 2.31. The minimum Gasteiger partial charge on any atom is -0.367 e. The third-order valence-electron chi connectivity index (χ3n) is 5.48. The van der Waals surface area contributed by atoms with E-state index < -0.39 is 5.82 Å². The van der Waals surface area contributed by atoms with Gasteiger partial charge in [-0.1, -0.05) is 18.2 Å². The molecule has 1 N–H and O–H groups in total. The fraction of sp³-hybridized carbons (Fsp3) is 0.200. The van der Waals surface area contributed by atoms with Gasteiger partial charge in [0.15, 0.2) is 0 Å². The first-order valence-corrected chi connectivity index (χ1v) is 10.6. The Bertz CT molecular complexity index is 1320. The number of pyridine rings is 2. The number of rotatable bonds is 4. The number of hydrogen-bond acceptors (Lipinski definition) is 5. The lowest BCUT2D eigenvalue weighted by atomic mass is 10.0. The summed E-state index contributed by atoms with van der Waals surface area (Å²) in [7, 11) is 0. The van der Waals surface area contributed by atoms with Crippen molar-refractivity contribution in [2.75, 3.05) is 5.32 Å². The molecule has 0 bridgehead atoms. The summed E-state index contributed by atoms with van der Waals surface area (Å²) in [4.78, 5) is 21.2. The number of nitrogens with one attached hydrogen (secondary N) is 1. The Hall–Kier alpha value is -3.91. The van der Waals surface area contributed by atoms with Gasteiger partial charge in [0.05, 0.1) is 36.3 Å². The molecular formula is C25H22FN5O2. The number of nitrogens with zero attached hydrogens (tertiary/aromatic N) is 4. The highest BCUT2D eigenvalue weighted by molar-refractivity contribution is 6.04. The molecule has 0 saturated heterocycles. The molecule has 0 radical (unpaired) electrons. The third-order valence-corrected chi connectivity index (χ3v) is 5.48. The van der Waals surface area contributed by atoms with Crippen molar-refractivity contribution >= 4 is 11.7 Å². The van der Waals surface area contributed by atoms with Crippen LogP contribution in [0.5, 0.6) is 0 Å². The number of halogens is 1. The first-order valence-electron chi connectivity index (χ1n) is 10.6. The topological polar surface area (TPSA) is 81.9 Å². The smallest absolute Gasteiger partial charge is 0.256 e. The van der Waals surface area contributed by atoms with Crippen LogP contribution >= 0.6 is 0 Å². The third kappa shape index (κ3) is 4.25. The second-order valence-electron chi connectivity index (χ2n) is 8.49. The van der Waals surface area contributed by atoms with Gasteiger partial charge in [-0.15, -0.1) is 0 Å². The van der Waals surface area contributed by atoms with Gasteiger partial charge in [0.2, 0.25) is 0 Å². The Morgan fingerprint density at radius 1 is 1.12 bits per heavy atom. The molecule has 0 fully saturated rings. The van der Waals surface area contributed by atoms with Crippen LogP contribution in [0.25, 0.3) is 22.5 Å². The number of amides is 1. The van der Waals surface area contributed by atoms with Crippen molar-refractivity contribution in [3.63, 3.8) is 0 Å². The molecule has 0 spiro atoms. The van der Waals surface area contributed by atoms with Crippen molar-refractivity contribution in [3.8, 4) is 22.5 Å². The van der Waals surface area contributed by atoms with Gasteiger partial charge in [-0.05, 0) is 55.8 Å². The number of hydrogen-bond donors (Lipinski definition) is 1. The molecule has 1 aliphatic rings. The summed E-state index contributed by atoms with van der Waals surface area (Å²) in [6.07, 6.45) is 2.81. The number of aromatic nitrogens is 4. The molecule has 33 heavy (non-hydrogen) atoms. The second-order valence-corrected chi connectivity index (χ2v) is 8.49. The SMILES string of the molecule is CC1(C)Cn2nc(-c3ccc(F)cn3)c(-c3ccnc(NC(=O)c4ccccc4)c3)c2CO1. The number of carbonyl (C=O) groups excluding carboxylic acids is 1. The average Bonchev–Trinajstić information content (AvgIpc) is 3.17. The van der Waals surface area contributed by atoms with Gasteiger partial charge >= 0.3 is 0 Å². The van der Waals surface area contributed by atoms with Crippen LogP contribution in [0.1, 0.15) is 29.9 Å². The summed E-state index contributed by atoms with van der Waals surface area (Å²) in [6, 6.07) is 15.6. The van der Waals surface area contributed by atoms with Gasteiger partial charge in [-0.25, -0.2) is 9.37 Å². The predicted octanol–water partition coefficient (Wildman–Crippen LogP) is 4.71. The van der Waals surface area contributed by atoms with E-state index in [1.165, 1.54) is 12.3 Å². The van der Waals surface area contributed by atoms with E-state index in [0.717, 1.165) is 16.8 Å². The molecule has 0 unspecified atom stereocenters. The lowest BCUT2D eigenvalue weighted by Crippen LogP contribution is -2.36. The molecule has 0 atom stereocenters. The van der Waals surface area contributed by atoms with Crippen LogP contribution in [0.15, 0.2) is 67.0 Å². The molecule has 166 valence electrons. The Labute approximate surface area is 190 Å². The Balaban J connectivity index is 1.57. The highest BCUT2D eigenvalue weighted by atomic mass is 19.1. The molecule has 3 aromatic heterocycles. The molecule has 7 nitrogen and oxygen atoms in total. The second kappa shape index (κ2) is 8.22. The molecule has 4 aromatic rings. The van der Waals surface area contributed by atoms with E-state index in [-0.39, 0.29) is 11.5 Å². The van der Waals surface area contributed by atoms with E-state index in [4.69, 9.17) is 9.84 Å². The Kier molecular flexibility index (Phi) is 5.22. The van der Waals surface area contributed by atoms with Crippen LogP contribution in [-0.4, -0.2) is 31.3 Å². The molecule has 4 heterocycles. The molecule has 8 heteroatoms. The number of benzene rings is 1. The summed E-state index contributed by atoms with van der Waals surface area (Å²) < 4.78 is 21.5. The molecule has 5 rings (SSSR count). The van der Waals surface area contributed by atoms with Gasteiger partial charge in [0, 0.05) is 17.3 Å². The minimum atomic E-state index is -0.413. The standard InChI is InChI=1S/C25H22FN5O2/c1-25(2)15-31-20(14-33-25)22(23(30-31)19-9-8-18(26)13-28-19)17-10-11-27-21(12-17)29-24(32)16-6-4-3-5-7-16/h3-13H,14-15H2,1-2H3,(H,27,29,32). The molecule has 1 amide bonds. The van der Waals surface area contributed by atoms with Crippen molar-refractivity contribution in [1.29, 1.82) is 0 Å². The number of ether oxygens (including phenoxy) is 1. The molecule has 1 aromatic carbocycles. The van der Waals surface area contributed by atoms with Crippen LogP contribution in [-0.2, 0) is 17.9 Å². The van der Waals surface area contributed by atoms with E-state index in [9.17, 15) is 9.18 Å². The normalized spacial score (nSPS) is 14.5. The van der Waals surface area contributed by atoms with Crippen molar-refractivity contribution in [1.82, 2.24) is 19.7 Å². The monoisotopic (exact) mass is 443 g/mol. The number of fused-ring (bicyclic) bond motifs is 1. The summed E-state index contributed by atoms with van der Waals surface area (Å²) in [5, 5.41) is 7.65. The summed E-state index contributed by atoms with van der Waals surface area (Å²) in [5.74, 6) is -0.247.